The van der Waals surface area contributed by atoms with Crippen molar-refractivity contribution in [1.29, 1.82) is 0 Å². The Bertz CT molecular complexity index is 611. The zero-order valence-corrected chi connectivity index (χ0v) is 8.79. The number of benzene rings is 2. The Labute approximate surface area is 99.1 Å². The normalized spacial score (nSPS) is 10.7. The summed E-state index contributed by atoms with van der Waals surface area (Å²) in [6.07, 6.45) is 0. The van der Waals surface area contributed by atoms with Crippen LogP contribution < -0.4 is 0 Å². The van der Waals surface area contributed by atoms with Crippen LogP contribution in [-0.4, -0.2) is 10.7 Å². The second-order valence-corrected chi connectivity index (χ2v) is 3.41. The van der Waals surface area contributed by atoms with Crippen LogP contribution in [0.1, 0.15) is 17.3 Å². The van der Waals surface area contributed by atoms with Crippen molar-refractivity contribution in [2.24, 2.45) is 0 Å². The molecule has 0 aromatic heterocycles. The monoisotopic (exact) mass is 229 g/mol. The Morgan fingerprint density at radius 1 is 1.12 bits per heavy atom. The first-order chi connectivity index (χ1) is 8.59. The van der Waals surface area contributed by atoms with Crippen molar-refractivity contribution in [3.8, 4) is 0 Å². The number of hydrogen-bond donors (Lipinski definition) is 0. The molecule has 0 spiro atoms. The van der Waals surface area contributed by atoms with Crippen LogP contribution in [0.4, 0.5) is 5.69 Å². The van der Waals surface area contributed by atoms with Crippen LogP contribution in [0.2, 0.25) is 0 Å². The van der Waals surface area contributed by atoms with Crippen molar-refractivity contribution in [3.63, 3.8) is 0 Å². The molecular formula is C13H9NO3. The number of nitro benzene ring substituents is 1. The van der Waals surface area contributed by atoms with Gasteiger partial charge in [0.2, 0.25) is 0 Å². The highest BCUT2D eigenvalue weighted by Crippen LogP contribution is 2.16. The molecule has 0 saturated carbocycles. The summed E-state index contributed by atoms with van der Waals surface area (Å²) < 4.78 is 7.64. The fourth-order valence-electron chi connectivity index (χ4n) is 1.44. The average molecular weight is 229 g/mol. The minimum Gasteiger partial charge on any atom is -0.289 e. The first-order valence-corrected chi connectivity index (χ1v) is 4.94. The third-order valence-electron chi connectivity index (χ3n) is 2.28. The summed E-state index contributed by atoms with van der Waals surface area (Å²) in [6, 6.07) is 12.0. The maximum Gasteiger partial charge on any atom is 0.270 e. The van der Waals surface area contributed by atoms with E-state index in [-0.39, 0.29) is 23.1 Å². The molecule has 84 valence electrons. The Morgan fingerprint density at radius 2 is 1.82 bits per heavy atom. The van der Waals surface area contributed by atoms with Gasteiger partial charge in [-0.1, -0.05) is 42.4 Å². The summed E-state index contributed by atoms with van der Waals surface area (Å²) in [6.45, 7) is 0. The predicted molar refractivity (Wildman–Crippen MR) is 63.0 cm³/mol. The number of nitrogens with zero attached hydrogens (tertiary/aromatic N) is 1. The number of non-ortho nitro benzene ring substituents is 1. The number of nitro groups is 1. The minimum atomic E-state index is -0.582. The molecule has 0 heterocycles. The molecule has 4 nitrogen and oxygen atoms in total. The van der Waals surface area contributed by atoms with Crippen LogP contribution in [0.3, 0.4) is 0 Å². The lowest BCUT2D eigenvalue weighted by molar-refractivity contribution is -0.384. The van der Waals surface area contributed by atoms with Crippen LogP contribution in [0.5, 0.6) is 0 Å². The van der Waals surface area contributed by atoms with Gasteiger partial charge in [-0.25, -0.2) is 0 Å². The second kappa shape index (κ2) is 4.57. The summed E-state index contributed by atoms with van der Waals surface area (Å²) in [4.78, 5) is 22.2. The fraction of sp³-hybridized carbons (Fsp3) is 0. The van der Waals surface area contributed by atoms with Crippen LogP contribution in [0.25, 0.3) is 0 Å². The lowest BCUT2D eigenvalue weighted by Crippen LogP contribution is -2.01. The highest BCUT2D eigenvalue weighted by Gasteiger charge is 2.12. The fourth-order valence-corrected chi connectivity index (χ4v) is 1.44. The van der Waals surface area contributed by atoms with E-state index >= 15 is 0 Å². The van der Waals surface area contributed by atoms with E-state index in [2.05, 4.69) is 0 Å². The zero-order chi connectivity index (χ0) is 13.1. The van der Waals surface area contributed by atoms with Gasteiger partial charge in [0.25, 0.3) is 5.69 Å². The SMILES string of the molecule is [3H]c1ccc([N+](=O)[O-])cc1C(=O)c1ccccc1. The van der Waals surface area contributed by atoms with E-state index in [0.717, 1.165) is 6.07 Å². The van der Waals surface area contributed by atoms with Gasteiger partial charge in [-0.2, -0.15) is 0 Å². The number of ketones is 1. The predicted octanol–water partition coefficient (Wildman–Crippen LogP) is 2.83. The Kier molecular flexibility index (Phi) is 2.61. The molecule has 0 N–H and O–H groups in total. The lowest BCUT2D eigenvalue weighted by atomic mass is 10.0. The van der Waals surface area contributed by atoms with Crippen LogP contribution in [0, 0.1) is 10.1 Å². The van der Waals surface area contributed by atoms with Crippen molar-refractivity contribution in [2.45, 2.75) is 0 Å². The van der Waals surface area contributed by atoms with Crippen molar-refractivity contribution >= 4 is 11.5 Å². The second-order valence-electron chi connectivity index (χ2n) is 3.41. The zero-order valence-electron chi connectivity index (χ0n) is 9.79. The molecular weight excluding hydrogens is 218 g/mol. The van der Waals surface area contributed by atoms with Crippen LogP contribution in [0.15, 0.2) is 54.6 Å². The molecule has 0 aliphatic rings. The maximum absolute atomic E-state index is 12.1. The first-order valence-electron chi connectivity index (χ1n) is 5.44. The number of rotatable bonds is 3. The van der Waals surface area contributed by atoms with Gasteiger partial charge in [0, 0.05) is 23.3 Å². The smallest absolute Gasteiger partial charge is 0.270 e. The third-order valence-corrected chi connectivity index (χ3v) is 2.28. The molecule has 0 saturated heterocycles. The summed E-state index contributed by atoms with van der Waals surface area (Å²) in [7, 11) is 0. The van der Waals surface area contributed by atoms with Gasteiger partial charge < -0.3 is 0 Å². The van der Waals surface area contributed by atoms with Gasteiger partial charge in [-0.3, -0.25) is 14.9 Å². The molecule has 0 atom stereocenters. The van der Waals surface area contributed by atoms with Gasteiger partial charge in [0.05, 0.1) is 6.29 Å². The molecule has 4 heteroatoms. The highest BCUT2D eigenvalue weighted by molar-refractivity contribution is 6.09. The minimum absolute atomic E-state index is 0.0190. The molecule has 0 aliphatic carbocycles. The van der Waals surface area contributed by atoms with E-state index in [4.69, 9.17) is 1.37 Å². The van der Waals surface area contributed by atoms with E-state index in [1.165, 1.54) is 12.1 Å². The summed E-state index contributed by atoms with van der Waals surface area (Å²) in [5.74, 6) is -0.385. The van der Waals surface area contributed by atoms with E-state index in [1.807, 2.05) is 0 Å². The van der Waals surface area contributed by atoms with Gasteiger partial charge in [0.15, 0.2) is 5.78 Å². The first kappa shape index (κ1) is 9.72. The molecule has 2 aromatic carbocycles. The molecule has 0 amide bonds. The molecule has 0 radical (unpaired) electrons. The number of carbonyl (C=O) groups is 1. The van der Waals surface area contributed by atoms with E-state index in [9.17, 15) is 14.9 Å². The van der Waals surface area contributed by atoms with E-state index < -0.39 is 4.92 Å². The lowest BCUT2D eigenvalue weighted by Gasteiger charge is -2.00. The number of carbonyl (C=O) groups excluding carboxylic acids is 1. The van der Waals surface area contributed by atoms with Gasteiger partial charge in [-0.15, -0.1) is 0 Å². The Balaban J connectivity index is 2.48. The molecule has 0 fully saturated rings. The van der Waals surface area contributed by atoms with E-state index in [0.29, 0.717) is 5.56 Å². The van der Waals surface area contributed by atoms with Gasteiger partial charge in [0.1, 0.15) is 0 Å². The van der Waals surface area contributed by atoms with Crippen molar-refractivity contribution < 1.29 is 11.1 Å². The van der Waals surface area contributed by atoms with Crippen molar-refractivity contribution in [3.05, 3.63) is 75.8 Å². The standard InChI is InChI=1S/C13H9NO3/c15-13(10-5-2-1-3-6-10)11-7-4-8-12(9-11)14(16)17/h1-9H/i7T. The molecule has 2 aromatic rings. The van der Waals surface area contributed by atoms with Crippen molar-refractivity contribution in [1.82, 2.24) is 0 Å². The van der Waals surface area contributed by atoms with Crippen LogP contribution in [-0.2, 0) is 0 Å². The molecule has 0 aliphatic heterocycles. The average Bonchev–Trinajstić information content (AvgIpc) is 2.39. The molecule has 2 rings (SSSR count). The maximum atomic E-state index is 12.1. The highest BCUT2D eigenvalue weighted by atomic mass is 16.6. The van der Waals surface area contributed by atoms with Gasteiger partial charge in [-0.05, 0) is 0 Å². The van der Waals surface area contributed by atoms with Crippen molar-refractivity contribution in [2.75, 3.05) is 0 Å². The summed E-state index contributed by atoms with van der Waals surface area (Å²) >= 11 is 0. The summed E-state index contributed by atoms with van der Waals surface area (Å²) in [5, 5.41) is 10.7. The number of hydrogen-bond acceptors (Lipinski definition) is 3. The topological polar surface area (TPSA) is 60.2 Å². The van der Waals surface area contributed by atoms with Gasteiger partial charge >= 0.3 is 0 Å². The Hall–Kier alpha value is -2.49. The summed E-state index contributed by atoms with van der Waals surface area (Å²) in [5.41, 5.74) is 0.257. The van der Waals surface area contributed by atoms with Crippen LogP contribution >= 0.6 is 0 Å². The largest absolute Gasteiger partial charge is 0.289 e. The molecule has 0 unspecified atom stereocenters. The third kappa shape index (κ3) is 2.36. The van der Waals surface area contributed by atoms with E-state index in [1.54, 1.807) is 30.3 Å². The Morgan fingerprint density at radius 3 is 2.47 bits per heavy atom. The molecule has 17 heavy (non-hydrogen) atoms. The quantitative estimate of drug-likeness (QED) is 0.462. The molecule has 0 bridgehead atoms.